The lowest BCUT2D eigenvalue weighted by atomic mass is 10.2. The first kappa shape index (κ1) is 17.5. The predicted octanol–water partition coefficient (Wildman–Crippen LogP) is 3.21. The maximum Gasteiger partial charge on any atom is 0.315 e. The lowest BCUT2D eigenvalue weighted by molar-refractivity contribution is 0.111. The summed E-state index contributed by atoms with van der Waals surface area (Å²) in [6.07, 6.45) is 2.19. The lowest BCUT2D eigenvalue weighted by Crippen LogP contribution is -2.39. The molecule has 0 bridgehead atoms. The Bertz CT molecular complexity index is 734. The number of hydrogen-bond donors (Lipinski definition) is 2. The van der Waals surface area contributed by atoms with Crippen molar-refractivity contribution in [3.63, 3.8) is 0 Å². The summed E-state index contributed by atoms with van der Waals surface area (Å²) in [6, 6.07) is 8.25. The Kier molecular flexibility index (Phi) is 5.38. The fourth-order valence-electron chi connectivity index (χ4n) is 3.25. The van der Waals surface area contributed by atoms with E-state index in [1.54, 1.807) is 12.1 Å². The number of nitrogens with zero attached hydrogens (tertiary/aromatic N) is 1. The van der Waals surface area contributed by atoms with E-state index in [4.69, 9.17) is 4.74 Å². The van der Waals surface area contributed by atoms with Gasteiger partial charge in [-0.05, 0) is 62.6 Å². The van der Waals surface area contributed by atoms with Crippen LogP contribution in [0.2, 0.25) is 0 Å². The molecular formula is C19H24FN3O2. The first-order valence-electron chi connectivity index (χ1n) is 8.61. The lowest BCUT2D eigenvalue weighted by Gasteiger charge is -2.12. The van der Waals surface area contributed by atoms with Gasteiger partial charge in [-0.3, -0.25) is 0 Å². The molecule has 1 aliphatic heterocycles. The van der Waals surface area contributed by atoms with Gasteiger partial charge in [0.05, 0.1) is 6.10 Å². The van der Waals surface area contributed by atoms with Gasteiger partial charge in [-0.2, -0.15) is 0 Å². The topological polar surface area (TPSA) is 55.3 Å². The number of amides is 2. The van der Waals surface area contributed by atoms with Gasteiger partial charge in [0.1, 0.15) is 5.82 Å². The van der Waals surface area contributed by atoms with Gasteiger partial charge in [0.25, 0.3) is 0 Å². The minimum Gasteiger partial charge on any atom is -0.376 e. The molecule has 6 heteroatoms. The van der Waals surface area contributed by atoms with Crippen molar-refractivity contribution < 1.29 is 13.9 Å². The van der Waals surface area contributed by atoms with Crippen LogP contribution >= 0.6 is 0 Å². The zero-order valence-electron chi connectivity index (χ0n) is 14.6. The highest BCUT2D eigenvalue weighted by Crippen LogP contribution is 2.21. The molecule has 2 amide bonds. The first-order valence-corrected chi connectivity index (χ1v) is 8.61. The standard InChI is InChI=1S/C19H24FN3O2/c1-13-10-15(11-21-19(24)22-12-18-4-3-9-25-18)14(2)23(13)17-7-5-16(20)6-8-17/h5-8,10,18H,3-4,9,11-12H2,1-2H3,(H2,21,22,24)/t18-/m1/s1. The van der Waals surface area contributed by atoms with Crippen molar-refractivity contribution in [1.82, 2.24) is 15.2 Å². The van der Waals surface area contributed by atoms with Gasteiger partial charge in [0.2, 0.25) is 0 Å². The van der Waals surface area contributed by atoms with Crippen molar-refractivity contribution in [1.29, 1.82) is 0 Å². The van der Waals surface area contributed by atoms with Crippen molar-refractivity contribution in [3.05, 3.63) is 53.1 Å². The minimum absolute atomic E-state index is 0.134. The molecule has 0 spiro atoms. The zero-order valence-corrected chi connectivity index (χ0v) is 14.6. The number of nitrogens with one attached hydrogen (secondary N) is 2. The van der Waals surface area contributed by atoms with Gasteiger partial charge in [-0.1, -0.05) is 0 Å². The third kappa shape index (κ3) is 4.20. The number of benzene rings is 1. The van der Waals surface area contributed by atoms with Crippen LogP contribution in [0.25, 0.3) is 5.69 Å². The summed E-state index contributed by atoms with van der Waals surface area (Å²) in [7, 11) is 0. The van der Waals surface area contributed by atoms with E-state index in [0.717, 1.165) is 42.1 Å². The Morgan fingerprint density at radius 2 is 2.04 bits per heavy atom. The number of carbonyl (C=O) groups is 1. The predicted molar refractivity (Wildman–Crippen MR) is 94.4 cm³/mol. The number of aromatic nitrogens is 1. The molecular weight excluding hydrogens is 321 g/mol. The van der Waals surface area contributed by atoms with Gasteiger partial charge in [-0.15, -0.1) is 0 Å². The third-order valence-corrected chi connectivity index (χ3v) is 4.57. The monoisotopic (exact) mass is 345 g/mol. The summed E-state index contributed by atoms with van der Waals surface area (Å²) in [5.41, 5.74) is 4.02. The Labute approximate surface area is 147 Å². The average molecular weight is 345 g/mol. The van der Waals surface area contributed by atoms with Crippen molar-refractivity contribution in [2.24, 2.45) is 0 Å². The molecule has 2 N–H and O–H groups in total. The van der Waals surface area contributed by atoms with Crippen molar-refractivity contribution in [2.75, 3.05) is 13.2 Å². The summed E-state index contributed by atoms with van der Waals surface area (Å²) < 4.78 is 20.7. The summed E-state index contributed by atoms with van der Waals surface area (Å²) in [4.78, 5) is 12.0. The number of halogens is 1. The van der Waals surface area contributed by atoms with E-state index in [9.17, 15) is 9.18 Å². The number of aryl methyl sites for hydroxylation is 1. The highest BCUT2D eigenvalue weighted by Gasteiger charge is 2.16. The molecule has 0 unspecified atom stereocenters. The largest absolute Gasteiger partial charge is 0.376 e. The SMILES string of the molecule is Cc1cc(CNC(=O)NC[C@H]2CCCO2)c(C)n1-c1ccc(F)cc1. The minimum atomic E-state index is -0.254. The summed E-state index contributed by atoms with van der Waals surface area (Å²) in [5, 5.41) is 5.74. The van der Waals surface area contributed by atoms with E-state index >= 15 is 0 Å². The van der Waals surface area contributed by atoms with Gasteiger partial charge >= 0.3 is 6.03 Å². The van der Waals surface area contributed by atoms with Crippen molar-refractivity contribution >= 4 is 6.03 Å². The highest BCUT2D eigenvalue weighted by molar-refractivity contribution is 5.73. The second-order valence-corrected chi connectivity index (χ2v) is 6.41. The molecule has 1 saturated heterocycles. The van der Waals surface area contributed by atoms with Gasteiger partial charge in [-0.25, -0.2) is 9.18 Å². The molecule has 2 aromatic rings. The van der Waals surface area contributed by atoms with Crippen LogP contribution in [0.4, 0.5) is 9.18 Å². The maximum atomic E-state index is 13.1. The second-order valence-electron chi connectivity index (χ2n) is 6.41. The molecule has 25 heavy (non-hydrogen) atoms. The molecule has 134 valence electrons. The van der Waals surface area contributed by atoms with Crippen LogP contribution in [0.5, 0.6) is 0 Å². The molecule has 1 aromatic heterocycles. The fraction of sp³-hybridized carbons (Fsp3) is 0.421. The van der Waals surface area contributed by atoms with Crippen LogP contribution in [-0.4, -0.2) is 29.9 Å². The summed E-state index contributed by atoms with van der Waals surface area (Å²) in [5.74, 6) is -0.254. The van der Waals surface area contributed by atoms with Crippen molar-refractivity contribution in [3.8, 4) is 5.69 Å². The van der Waals surface area contributed by atoms with Crippen LogP contribution < -0.4 is 10.6 Å². The Morgan fingerprint density at radius 3 is 2.72 bits per heavy atom. The van der Waals surface area contributed by atoms with E-state index in [0.29, 0.717) is 13.1 Å². The summed E-state index contributed by atoms with van der Waals surface area (Å²) in [6.45, 7) is 5.76. The molecule has 1 aliphatic rings. The van der Waals surface area contributed by atoms with Crippen molar-refractivity contribution in [2.45, 2.75) is 39.3 Å². The number of rotatable bonds is 5. The summed E-state index contributed by atoms with van der Waals surface area (Å²) >= 11 is 0. The van der Waals surface area contributed by atoms with Crippen LogP contribution in [0.3, 0.4) is 0 Å². The highest BCUT2D eigenvalue weighted by atomic mass is 19.1. The van der Waals surface area contributed by atoms with Crippen LogP contribution in [-0.2, 0) is 11.3 Å². The third-order valence-electron chi connectivity index (χ3n) is 4.57. The van der Waals surface area contributed by atoms with Crippen LogP contribution in [0.15, 0.2) is 30.3 Å². The number of carbonyl (C=O) groups excluding carboxylic acids is 1. The molecule has 1 atom stereocenters. The van der Waals surface area contributed by atoms with Gasteiger partial charge in [0, 0.05) is 36.8 Å². The first-order chi connectivity index (χ1) is 12.0. The van der Waals surface area contributed by atoms with E-state index in [2.05, 4.69) is 15.2 Å². The Hall–Kier alpha value is -2.34. The molecule has 1 fully saturated rings. The fourth-order valence-corrected chi connectivity index (χ4v) is 3.25. The molecule has 0 saturated carbocycles. The Balaban J connectivity index is 1.60. The number of hydrogen-bond acceptors (Lipinski definition) is 2. The molecule has 5 nitrogen and oxygen atoms in total. The second kappa shape index (κ2) is 7.70. The average Bonchev–Trinajstić information content (AvgIpc) is 3.20. The van der Waals surface area contributed by atoms with E-state index in [1.807, 2.05) is 19.9 Å². The zero-order chi connectivity index (χ0) is 17.8. The maximum absolute atomic E-state index is 13.1. The smallest absolute Gasteiger partial charge is 0.315 e. The number of urea groups is 1. The van der Waals surface area contributed by atoms with E-state index in [-0.39, 0.29) is 18.0 Å². The normalized spacial score (nSPS) is 16.8. The van der Waals surface area contributed by atoms with E-state index in [1.165, 1.54) is 12.1 Å². The quantitative estimate of drug-likeness (QED) is 0.874. The molecule has 3 rings (SSSR count). The van der Waals surface area contributed by atoms with Crippen LogP contribution in [0, 0.1) is 19.7 Å². The van der Waals surface area contributed by atoms with E-state index < -0.39 is 0 Å². The molecule has 0 aliphatic carbocycles. The Morgan fingerprint density at radius 1 is 1.28 bits per heavy atom. The molecule has 1 aromatic carbocycles. The number of ether oxygens (including phenoxy) is 1. The molecule has 0 radical (unpaired) electrons. The van der Waals surface area contributed by atoms with Gasteiger partial charge in [0.15, 0.2) is 0 Å². The molecule has 2 heterocycles. The van der Waals surface area contributed by atoms with Gasteiger partial charge < -0.3 is 19.9 Å². The van der Waals surface area contributed by atoms with Crippen LogP contribution in [0.1, 0.15) is 29.8 Å².